The van der Waals surface area contributed by atoms with Crippen molar-refractivity contribution in [2.24, 2.45) is 11.7 Å². The molecule has 0 radical (unpaired) electrons. The van der Waals surface area contributed by atoms with Crippen LogP contribution in [0, 0.1) is 11.7 Å². The second-order valence-electron chi connectivity index (χ2n) is 5.21. The normalized spacial score (nSPS) is 22.4. The summed E-state index contributed by atoms with van der Waals surface area (Å²) in [5.74, 6) is -0.481. The molecule has 1 saturated carbocycles. The number of ether oxygens (including phenoxy) is 1. The molecule has 1 aromatic carbocycles. The Balaban J connectivity index is 2.22. The van der Waals surface area contributed by atoms with E-state index in [1.165, 1.54) is 31.7 Å². The number of nitrogens with one attached hydrogen (secondary N) is 1. The first-order chi connectivity index (χ1) is 9.65. The van der Waals surface area contributed by atoms with Gasteiger partial charge in [0.15, 0.2) is 0 Å². The Morgan fingerprint density at radius 1 is 1.45 bits per heavy atom. The van der Waals surface area contributed by atoms with Crippen LogP contribution in [0.2, 0.25) is 0 Å². The highest BCUT2D eigenvalue weighted by Crippen LogP contribution is 2.28. The SMILES string of the molecule is COC(=O)c1ccc(F)cc1NC1CCCCC1CN. The van der Waals surface area contributed by atoms with Crippen molar-refractivity contribution in [3.05, 3.63) is 29.6 Å². The van der Waals surface area contributed by atoms with Gasteiger partial charge in [-0.1, -0.05) is 12.8 Å². The van der Waals surface area contributed by atoms with E-state index in [0.717, 1.165) is 19.3 Å². The maximum Gasteiger partial charge on any atom is 0.339 e. The number of anilines is 1. The minimum Gasteiger partial charge on any atom is -0.465 e. The summed E-state index contributed by atoms with van der Waals surface area (Å²) in [6.45, 7) is 0.598. The largest absolute Gasteiger partial charge is 0.465 e. The van der Waals surface area contributed by atoms with Crippen LogP contribution in [-0.4, -0.2) is 25.7 Å². The van der Waals surface area contributed by atoms with Gasteiger partial charge >= 0.3 is 5.97 Å². The Bertz CT molecular complexity index is 479. The molecule has 2 unspecified atom stereocenters. The number of esters is 1. The number of nitrogens with two attached hydrogens (primary N) is 1. The highest BCUT2D eigenvalue weighted by atomic mass is 19.1. The molecule has 0 spiro atoms. The van der Waals surface area contributed by atoms with Crippen LogP contribution in [0.1, 0.15) is 36.0 Å². The maximum absolute atomic E-state index is 13.4. The maximum atomic E-state index is 13.4. The van der Waals surface area contributed by atoms with Gasteiger partial charge < -0.3 is 15.8 Å². The molecule has 0 aromatic heterocycles. The molecule has 1 aliphatic rings. The zero-order chi connectivity index (χ0) is 14.5. The summed E-state index contributed by atoms with van der Waals surface area (Å²) in [6, 6.07) is 4.23. The summed E-state index contributed by atoms with van der Waals surface area (Å²) < 4.78 is 18.2. The van der Waals surface area contributed by atoms with Gasteiger partial charge in [0.1, 0.15) is 5.82 Å². The lowest BCUT2D eigenvalue weighted by atomic mass is 9.84. The predicted molar refractivity (Wildman–Crippen MR) is 76.2 cm³/mol. The topological polar surface area (TPSA) is 64.3 Å². The lowest BCUT2D eigenvalue weighted by Crippen LogP contribution is -2.37. The lowest BCUT2D eigenvalue weighted by molar-refractivity contribution is 0.0601. The van der Waals surface area contributed by atoms with Crippen LogP contribution in [0.4, 0.5) is 10.1 Å². The molecule has 0 heterocycles. The van der Waals surface area contributed by atoms with Crippen molar-refractivity contribution in [3.8, 4) is 0 Å². The second-order valence-corrected chi connectivity index (χ2v) is 5.21. The van der Waals surface area contributed by atoms with Gasteiger partial charge in [-0.25, -0.2) is 9.18 Å². The number of hydrogen-bond acceptors (Lipinski definition) is 4. The van der Waals surface area contributed by atoms with Gasteiger partial charge in [0.05, 0.1) is 18.4 Å². The molecule has 2 rings (SSSR count). The summed E-state index contributed by atoms with van der Waals surface area (Å²) in [5.41, 5.74) is 6.64. The Kier molecular flexibility index (Phi) is 4.95. The van der Waals surface area contributed by atoms with Gasteiger partial charge in [-0.15, -0.1) is 0 Å². The van der Waals surface area contributed by atoms with E-state index in [4.69, 9.17) is 10.5 Å². The highest BCUT2D eigenvalue weighted by Gasteiger charge is 2.25. The molecule has 1 aromatic rings. The van der Waals surface area contributed by atoms with Crippen LogP contribution in [-0.2, 0) is 4.74 Å². The number of rotatable bonds is 4. The van der Waals surface area contributed by atoms with E-state index >= 15 is 0 Å². The van der Waals surface area contributed by atoms with Crippen molar-refractivity contribution in [2.45, 2.75) is 31.7 Å². The summed E-state index contributed by atoms with van der Waals surface area (Å²) in [6.07, 6.45) is 4.35. The quantitative estimate of drug-likeness (QED) is 0.832. The molecule has 0 bridgehead atoms. The molecule has 110 valence electrons. The van der Waals surface area contributed by atoms with Crippen molar-refractivity contribution in [3.63, 3.8) is 0 Å². The van der Waals surface area contributed by atoms with E-state index in [2.05, 4.69) is 5.32 Å². The van der Waals surface area contributed by atoms with Gasteiger partial charge in [-0.2, -0.15) is 0 Å². The van der Waals surface area contributed by atoms with Crippen LogP contribution in [0.15, 0.2) is 18.2 Å². The molecule has 4 nitrogen and oxygen atoms in total. The molecule has 0 amide bonds. The molecule has 20 heavy (non-hydrogen) atoms. The average Bonchev–Trinajstić information content (AvgIpc) is 2.47. The van der Waals surface area contributed by atoms with Crippen molar-refractivity contribution in [1.29, 1.82) is 0 Å². The van der Waals surface area contributed by atoms with Crippen molar-refractivity contribution < 1.29 is 13.9 Å². The van der Waals surface area contributed by atoms with E-state index in [1.54, 1.807) is 0 Å². The Hall–Kier alpha value is -1.62. The first-order valence-electron chi connectivity index (χ1n) is 7.00. The number of carbonyl (C=O) groups is 1. The van der Waals surface area contributed by atoms with Crippen LogP contribution < -0.4 is 11.1 Å². The van der Waals surface area contributed by atoms with Crippen LogP contribution in [0.3, 0.4) is 0 Å². The number of methoxy groups -OCH3 is 1. The first kappa shape index (κ1) is 14.8. The summed E-state index contributed by atoms with van der Waals surface area (Å²) >= 11 is 0. The third kappa shape index (κ3) is 3.28. The third-order valence-corrected chi connectivity index (χ3v) is 3.94. The van der Waals surface area contributed by atoms with Crippen molar-refractivity contribution in [1.82, 2.24) is 0 Å². The zero-order valence-corrected chi connectivity index (χ0v) is 11.7. The number of halogens is 1. The Morgan fingerprint density at radius 2 is 2.20 bits per heavy atom. The summed E-state index contributed by atoms with van der Waals surface area (Å²) in [4.78, 5) is 11.7. The molecule has 2 atom stereocenters. The molecule has 3 N–H and O–H groups in total. The van der Waals surface area contributed by atoms with Crippen LogP contribution >= 0.6 is 0 Å². The second kappa shape index (κ2) is 6.70. The van der Waals surface area contributed by atoms with Crippen LogP contribution in [0.5, 0.6) is 0 Å². The van der Waals surface area contributed by atoms with E-state index < -0.39 is 5.97 Å². The molecule has 0 saturated heterocycles. The smallest absolute Gasteiger partial charge is 0.339 e. The summed E-state index contributed by atoms with van der Waals surface area (Å²) in [5, 5.41) is 3.29. The van der Waals surface area contributed by atoms with E-state index in [1.807, 2.05) is 0 Å². The third-order valence-electron chi connectivity index (χ3n) is 3.94. The fourth-order valence-corrected chi connectivity index (χ4v) is 2.80. The minimum absolute atomic E-state index is 0.180. The van der Waals surface area contributed by atoms with Crippen LogP contribution in [0.25, 0.3) is 0 Å². The monoisotopic (exact) mass is 280 g/mol. The lowest BCUT2D eigenvalue weighted by Gasteiger charge is -2.32. The summed E-state index contributed by atoms with van der Waals surface area (Å²) in [7, 11) is 1.32. The standard InChI is InChI=1S/C15H21FN2O2/c1-20-15(19)12-7-6-11(16)8-14(12)18-13-5-3-2-4-10(13)9-17/h6-8,10,13,18H,2-5,9,17H2,1H3. The van der Waals surface area contributed by atoms with Gasteiger partial charge in [0.2, 0.25) is 0 Å². The van der Waals surface area contributed by atoms with Gasteiger partial charge in [0.25, 0.3) is 0 Å². The van der Waals surface area contributed by atoms with E-state index in [9.17, 15) is 9.18 Å². The molecular formula is C15H21FN2O2. The fourth-order valence-electron chi connectivity index (χ4n) is 2.80. The average molecular weight is 280 g/mol. The fraction of sp³-hybridized carbons (Fsp3) is 0.533. The Labute approximate surface area is 118 Å². The minimum atomic E-state index is -0.465. The molecule has 1 fully saturated rings. The molecule has 0 aliphatic heterocycles. The van der Waals surface area contributed by atoms with E-state index in [0.29, 0.717) is 23.7 Å². The van der Waals surface area contributed by atoms with Crippen molar-refractivity contribution >= 4 is 11.7 Å². The van der Waals surface area contributed by atoms with Crippen molar-refractivity contribution in [2.75, 3.05) is 19.0 Å². The predicted octanol–water partition coefficient (Wildman–Crippen LogP) is 2.54. The number of carbonyl (C=O) groups excluding carboxylic acids is 1. The van der Waals surface area contributed by atoms with E-state index in [-0.39, 0.29) is 11.9 Å². The first-order valence-corrected chi connectivity index (χ1v) is 7.00. The van der Waals surface area contributed by atoms with Gasteiger partial charge in [0, 0.05) is 6.04 Å². The molecule has 1 aliphatic carbocycles. The molecular weight excluding hydrogens is 259 g/mol. The Morgan fingerprint density at radius 3 is 2.90 bits per heavy atom. The number of benzene rings is 1. The highest BCUT2D eigenvalue weighted by molar-refractivity contribution is 5.95. The zero-order valence-electron chi connectivity index (χ0n) is 11.7. The van der Waals surface area contributed by atoms with Gasteiger partial charge in [-0.3, -0.25) is 0 Å². The van der Waals surface area contributed by atoms with Gasteiger partial charge in [-0.05, 0) is 43.5 Å². The number of hydrogen-bond donors (Lipinski definition) is 2. The molecule has 5 heteroatoms.